The van der Waals surface area contributed by atoms with Gasteiger partial charge in [-0.3, -0.25) is 0 Å². The van der Waals surface area contributed by atoms with E-state index in [1.54, 1.807) is 16.2 Å². The van der Waals surface area contributed by atoms with Crippen molar-refractivity contribution in [3.8, 4) is 0 Å². The number of hydrogen-bond donors (Lipinski definition) is 0. The fourth-order valence-corrected chi connectivity index (χ4v) is 3.22. The molecule has 0 spiro atoms. The summed E-state index contributed by atoms with van der Waals surface area (Å²) in [7, 11) is 0. The van der Waals surface area contributed by atoms with Gasteiger partial charge in [0.25, 0.3) is 0 Å². The molecule has 0 aromatic carbocycles. The first-order chi connectivity index (χ1) is 11.0. The monoisotopic (exact) mass is 343 g/mol. The Morgan fingerprint density at radius 3 is 2.87 bits per heavy atom. The van der Waals surface area contributed by atoms with Crippen molar-refractivity contribution in [3.63, 3.8) is 0 Å². The van der Waals surface area contributed by atoms with Crippen LogP contribution in [0.4, 0.5) is 19.1 Å². The van der Waals surface area contributed by atoms with E-state index in [2.05, 4.69) is 9.97 Å². The molecule has 0 bridgehead atoms. The smallest absolute Gasteiger partial charge is 0.376 e. The van der Waals surface area contributed by atoms with Crippen molar-refractivity contribution < 1.29 is 17.9 Å². The Hall–Kier alpha value is -1.67. The predicted molar refractivity (Wildman–Crippen MR) is 81.4 cm³/mol. The molecule has 124 valence electrons. The van der Waals surface area contributed by atoms with Gasteiger partial charge in [0.15, 0.2) is 0 Å². The average molecular weight is 343 g/mol. The van der Waals surface area contributed by atoms with Crippen LogP contribution >= 0.6 is 11.3 Å². The number of ether oxygens (including phenoxy) is 1. The van der Waals surface area contributed by atoms with Crippen molar-refractivity contribution in [1.82, 2.24) is 9.97 Å². The lowest BCUT2D eigenvalue weighted by Crippen LogP contribution is -2.33. The lowest BCUT2D eigenvalue weighted by molar-refractivity contribution is -0.141. The number of halogens is 3. The van der Waals surface area contributed by atoms with Crippen LogP contribution in [0.25, 0.3) is 0 Å². The molecule has 4 nitrogen and oxygen atoms in total. The highest BCUT2D eigenvalue weighted by Gasteiger charge is 2.33. The molecule has 2 aromatic rings. The summed E-state index contributed by atoms with van der Waals surface area (Å²) in [5.41, 5.74) is -0.925. The number of rotatable bonds is 5. The molecule has 0 aliphatic carbocycles. The normalized spacial score (nSPS) is 18.3. The number of anilines is 1. The Balaban J connectivity index is 1.84. The summed E-state index contributed by atoms with van der Waals surface area (Å²) in [6.45, 7) is 1.65. The molecule has 8 heteroatoms. The maximum atomic E-state index is 12.9. The van der Waals surface area contributed by atoms with Crippen molar-refractivity contribution in [3.05, 3.63) is 40.3 Å². The molecule has 0 amide bonds. The van der Waals surface area contributed by atoms with Crippen LogP contribution in [-0.2, 0) is 17.5 Å². The van der Waals surface area contributed by atoms with Crippen LogP contribution in [0.3, 0.4) is 0 Å². The van der Waals surface area contributed by atoms with E-state index < -0.39 is 11.9 Å². The third-order valence-corrected chi connectivity index (χ3v) is 4.45. The summed E-state index contributed by atoms with van der Waals surface area (Å²) in [5.74, 6) is 0.0868. The topological polar surface area (TPSA) is 38.2 Å². The van der Waals surface area contributed by atoms with Crippen LogP contribution in [0.15, 0.2) is 29.8 Å². The second-order valence-electron chi connectivity index (χ2n) is 5.33. The summed E-state index contributed by atoms with van der Waals surface area (Å²) in [6.07, 6.45) is -1.44. The highest BCUT2D eigenvalue weighted by Crippen LogP contribution is 2.29. The molecule has 3 rings (SSSR count). The Labute approximate surface area is 135 Å². The quantitative estimate of drug-likeness (QED) is 0.829. The molecule has 1 fully saturated rings. The van der Waals surface area contributed by atoms with Gasteiger partial charge < -0.3 is 9.64 Å². The van der Waals surface area contributed by atoms with Crippen LogP contribution < -0.4 is 4.90 Å². The third kappa shape index (κ3) is 4.20. The predicted octanol–water partition coefficient (Wildman–Crippen LogP) is 3.74. The van der Waals surface area contributed by atoms with Crippen LogP contribution in [0.5, 0.6) is 0 Å². The molecule has 1 aliphatic heterocycles. The first-order valence-electron chi connectivity index (χ1n) is 7.31. The van der Waals surface area contributed by atoms with Crippen LogP contribution in [0.1, 0.15) is 23.4 Å². The van der Waals surface area contributed by atoms with Gasteiger partial charge in [-0.15, -0.1) is 11.3 Å². The molecule has 1 saturated heterocycles. The maximum Gasteiger partial charge on any atom is 0.433 e. The molecule has 1 aliphatic rings. The van der Waals surface area contributed by atoms with E-state index in [0.29, 0.717) is 19.7 Å². The average Bonchev–Trinajstić information content (AvgIpc) is 3.19. The molecule has 1 atom stereocenters. The van der Waals surface area contributed by atoms with Gasteiger partial charge in [-0.25, -0.2) is 9.97 Å². The highest BCUT2D eigenvalue weighted by molar-refractivity contribution is 7.09. The number of alkyl halides is 3. The Morgan fingerprint density at radius 1 is 1.35 bits per heavy atom. The number of thiophene rings is 1. The van der Waals surface area contributed by atoms with E-state index in [-0.39, 0.29) is 12.1 Å². The van der Waals surface area contributed by atoms with Crippen molar-refractivity contribution in [2.75, 3.05) is 18.1 Å². The lowest BCUT2D eigenvalue weighted by Gasteiger charge is -2.25. The summed E-state index contributed by atoms with van der Waals surface area (Å²) < 4.78 is 44.3. The van der Waals surface area contributed by atoms with Gasteiger partial charge in [0.05, 0.1) is 12.6 Å². The second kappa shape index (κ2) is 6.84. The minimum atomic E-state index is -4.48. The van der Waals surface area contributed by atoms with Gasteiger partial charge >= 0.3 is 6.18 Å². The van der Waals surface area contributed by atoms with Gasteiger partial charge in [-0.2, -0.15) is 13.2 Å². The minimum absolute atomic E-state index is 0.00750. The summed E-state index contributed by atoms with van der Waals surface area (Å²) >= 11 is 1.55. The zero-order valence-corrected chi connectivity index (χ0v) is 13.1. The first-order valence-corrected chi connectivity index (χ1v) is 8.19. The summed E-state index contributed by atoms with van der Waals surface area (Å²) in [6, 6.07) is 4.75. The SMILES string of the molecule is FC(F)(F)c1ccnc(N(Cc2cccs2)CC2CCCO2)n1. The van der Waals surface area contributed by atoms with E-state index in [0.717, 1.165) is 30.0 Å². The van der Waals surface area contributed by atoms with Gasteiger partial charge in [0.1, 0.15) is 5.69 Å². The van der Waals surface area contributed by atoms with E-state index in [4.69, 9.17) is 4.74 Å². The van der Waals surface area contributed by atoms with Crippen molar-refractivity contribution >= 4 is 17.3 Å². The molecular weight excluding hydrogens is 327 g/mol. The zero-order valence-electron chi connectivity index (χ0n) is 12.3. The van der Waals surface area contributed by atoms with Crippen LogP contribution in [0, 0.1) is 0 Å². The Kier molecular flexibility index (Phi) is 4.82. The molecular formula is C15H16F3N3OS. The Morgan fingerprint density at radius 2 is 2.22 bits per heavy atom. The van der Waals surface area contributed by atoms with Crippen molar-refractivity contribution in [2.45, 2.75) is 31.7 Å². The fraction of sp³-hybridized carbons (Fsp3) is 0.467. The van der Waals surface area contributed by atoms with Crippen molar-refractivity contribution in [2.24, 2.45) is 0 Å². The highest BCUT2D eigenvalue weighted by atomic mass is 32.1. The van der Waals surface area contributed by atoms with Gasteiger partial charge in [0.2, 0.25) is 5.95 Å². The summed E-state index contributed by atoms with van der Waals surface area (Å²) in [5, 5.41) is 1.94. The standard InChI is InChI=1S/C15H16F3N3OS/c16-15(17,18)13-5-6-19-14(20-13)21(9-11-3-1-7-22-11)10-12-4-2-8-23-12/h2,4-6,8,11H,1,3,7,9-10H2. The van der Waals surface area contributed by atoms with E-state index in [9.17, 15) is 13.2 Å². The Bertz CT molecular complexity index is 627. The molecule has 0 N–H and O–H groups in total. The molecule has 2 aromatic heterocycles. The van der Waals surface area contributed by atoms with Gasteiger partial charge in [0, 0.05) is 24.2 Å². The van der Waals surface area contributed by atoms with Crippen LogP contribution in [0.2, 0.25) is 0 Å². The van der Waals surface area contributed by atoms with Gasteiger partial charge in [-0.05, 0) is 30.4 Å². The second-order valence-corrected chi connectivity index (χ2v) is 6.37. The molecule has 23 heavy (non-hydrogen) atoms. The molecule has 0 radical (unpaired) electrons. The lowest BCUT2D eigenvalue weighted by atomic mass is 10.2. The van der Waals surface area contributed by atoms with E-state index >= 15 is 0 Å². The number of hydrogen-bond acceptors (Lipinski definition) is 5. The number of aromatic nitrogens is 2. The van der Waals surface area contributed by atoms with Crippen molar-refractivity contribution in [1.29, 1.82) is 0 Å². The van der Waals surface area contributed by atoms with Crippen LogP contribution in [-0.4, -0.2) is 29.2 Å². The zero-order chi connectivity index (χ0) is 16.3. The molecule has 3 heterocycles. The minimum Gasteiger partial charge on any atom is -0.376 e. The van der Waals surface area contributed by atoms with E-state index in [1.165, 1.54) is 0 Å². The van der Waals surface area contributed by atoms with E-state index in [1.807, 2.05) is 17.5 Å². The largest absolute Gasteiger partial charge is 0.433 e. The number of nitrogens with zero attached hydrogens (tertiary/aromatic N) is 3. The van der Waals surface area contributed by atoms with Gasteiger partial charge in [-0.1, -0.05) is 6.07 Å². The first kappa shape index (κ1) is 16.2. The molecule has 0 saturated carbocycles. The molecule has 1 unspecified atom stereocenters. The third-order valence-electron chi connectivity index (χ3n) is 3.59. The summed E-state index contributed by atoms with van der Waals surface area (Å²) in [4.78, 5) is 10.6. The maximum absolute atomic E-state index is 12.9. The fourth-order valence-electron chi connectivity index (χ4n) is 2.50.